The van der Waals surface area contributed by atoms with E-state index in [4.69, 9.17) is 28.6 Å². The van der Waals surface area contributed by atoms with Crippen molar-refractivity contribution in [1.82, 2.24) is 15.2 Å². The Labute approximate surface area is 143 Å². The van der Waals surface area contributed by atoms with E-state index < -0.39 is 0 Å². The summed E-state index contributed by atoms with van der Waals surface area (Å²) in [5, 5.41) is 7.29. The first-order valence-corrected chi connectivity index (χ1v) is 8.31. The summed E-state index contributed by atoms with van der Waals surface area (Å²) in [6.07, 6.45) is 1.71. The van der Waals surface area contributed by atoms with Crippen LogP contribution in [0.3, 0.4) is 0 Å². The van der Waals surface area contributed by atoms with Crippen molar-refractivity contribution >= 4 is 50.7 Å². The molecule has 5 nitrogen and oxygen atoms in total. The molecule has 0 spiro atoms. The number of halogens is 2. The van der Waals surface area contributed by atoms with Gasteiger partial charge in [0.2, 0.25) is 0 Å². The number of rotatable bonds is 4. The summed E-state index contributed by atoms with van der Waals surface area (Å²) < 4.78 is 6.19. The van der Waals surface area contributed by atoms with Crippen LogP contribution in [0.5, 0.6) is 0 Å². The van der Waals surface area contributed by atoms with E-state index >= 15 is 0 Å². The second kappa shape index (κ2) is 8.24. The van der Waals surface area contributed by atoms with Crippen molar-refractivity contribution < 1.29 is 4.74 Å². The van der Waals surface area contributed by atoms with E-state index in [9.17, 15) is 0 Å². The summed E-state index contributed by atoms with van der Waals surface area (Å²) in [5.74, 6) is 0.571. The van der Waals surface area contributed by atoms with Crippen LogP contribution < -0.4 is 10.6 Å². The molecule has 2 rings (SSSR count). The van der Waals surface area contributed by atoms with Crippen molar-refractivity contribution in [2.24, 2.45) is 0 Å². The van der Waals surface area contributed by atoms with Gasteiger partial charge in [0, 0.05) is 36.8 Å². The molecule has 1 fully saturated rings. The van der Waals surface area contributed by atoms with Crippen LogP contribution >= 0.6 is 39.7 Å². The first kappa shape index (κ1) is 16.9. The average Bonchev–Trinajstić information content (AvgIpc) is 2.49. The highest BCUT2D eigenvalue weighted by Crippen LogP contribution is 2.28. The predicted octanol–water partition coefficient (Wildman–Crippen LogP) is 2.42. The lowest BCUT2D eigenvalue weighted by atomic mass is 10.3. The molecule has 1 aromatic heterocycles. The van der Waals surface area contributed by atoms with Gasteiger partial charge in [-0.3, -0.25) is 4.90 Å². The van der Waals surface area contributed by atoms with Crippen LogP contribution in [-0.2, 0) is 4.74 Å². The van der Waals surface area contributed by atoms with E-state index in [0.717, 1.165) is 49.4 Å². The molecule has 1 aliphatic rings. The van der Waals surface area contributed by atoms with Gasteiger partial charge in [0.05, 0.1) is 18.2 Å². The quantitative estimate of drug-likeness (QED) is 0.766. The summed E-state index contributed by atoms with van der Waals surface area (Å²) >= 11 is 14.9. The van der Waals surface area contributed by atoms with Crippen LogP contribution in [0, 0.1) is 6.92 Å². The fraction of sp³-hybridized carbons (Fsp3) is 0.538. The molecule has 0 unspecified atom stereocenters. The smallest absolute Gasteiger partial charge is 0.172 e. The van der Waals surface area contributed by atoms with Gasteiger partial charge in [-0.2, -0.15) is 0 Å². The number of hydrogen-bond donors (Lipinski definition) is 2. The molecule has 0 aromatic carbocycles. The largest absolute Gasteiger partial charge is 0.379 e. The van der Waals surface area contributed by atoms with E-state index in [-0.39, 0.29) is 0 Å². The Kier molecular flexibility index (Phi) is 6.63. The number of nitrogens with zero attached hydrogens (tertiary/aromatic N) is 2. The van der Waals surface area contributed by atoms with Gasteiger partial charge < -0.3 is 15.4 Å². The van der Waals surface area contributed by atoms with E-state index in [1.165, 1.54) is 0 Å². The molecule has 0 radical (unpaired) electrons. The Morgan fingerprint density at radius 3 is 2.95 bits per heavy atom. The summed E-state index contributed by atoms with van der Waals surface area (Å²) in [5.41, 5.74) is 0.935. The zero-order valence-electron chi connectivity index (χ0n) is 11.8. The monoisotopic (exact) mass is 392 g/mol. The van der Waals surface area contributed by atoms with Crippen molar-refractivity contribution in [2.45, 2.75) is 6.92 Å². The standard InChI is InChI=1S/C13H18BrClN4OS/c1-9-10(14)8-17-12(11(9)15)18-13(21)16-2-3-19-4-6-20-7-5-19/h8H,2-7H2,1H3,(H2,16,17,18,21). The first-order chi connectivity index (χ1) is 10.1. The van der Waals surface area contributed by atoms with Gasteiger partial charge in [0.15, 0.2) is 10.9 Å². The minimum absolute atomic E-state index is 0.527. The Bertz CT molecular complexity index is 511. The molecule has 21 heavy (non-hydrogen) atoms. The molecule has 0 aliphatic carbocycles. The third kappa shape index (κ3) is 5.03. The molecule has 8 heteroatoms. The number of aromatic nitrogens is 1. The molecule has 116 valence electrons. The molecule has 0 saturated carbocycles. The van der Waals surface area contributed by atoms with E-state index in [0.29, 0.717) is 16.0 Å². The van der Waals surface area contributed by atoms with Gasteiger partial charge in [-0.15, -0.1) is 0 Å². The fourth-order valence-corrected chi connectivity index (χ4v) is 2.76. The number of thiocarbonyl (C=S) groups is 1. The predicted molar refractivity (Wildman–Crippen MR) is 93.2 cm³/mol. The average molecular weight is 394 g/mol. The SMILES string of the molecule is Cc1c(Br)cnc(NC(=S)NCCN2CCOCC2)c1Cl. The van der Waals surface area contributed by atoms with Crippen LogP contribution in [0.15, 0.2) is 10.7 Å². The number of ether oxygens (including phenoxy) is 1. The highest BCUT2D eigenvalue weighted by molar-refractivity contribution is 9.10. The van der Waals surface area contributed by atoms with Gasteiger partial charge in [0.1, 0.15) is 0 Å². The summed E-state index contributed by atoms with van der Waals surface area (Å²) in [4.78, 5) is 6.57. The van der Waals surface area contributed by atoms with Crippen molar-refractivity contribution in [3.8, 4) is 0 Å². The van der Waals surface area contributed by atoms with E-state index in [1.54, 1.807) is 6.20 Å². The van der Waals surface area contributed by atoms with Crippen molar-refractivity contribution in [1.29, 1.82) is 0 Å². The topological polar surface area (TPSA) is 49.4 Å². The minimum Gasteiger partial charge on any atom is -0.379 e. The van der Waals surface area contributed by atoms with Crippen LogP contribution in [-0.4, -0.2) is 54.4 Å². The summed E-state index contributed by atoms with van der Waals surface area (Å²) in [7, 11) is 0. The molecular weight excluding hydrogens is 376 g/mol. The lowest BCUT2D eigenvalue weighted by Crippen LogP contribution is -2.42. The molecule has 2 N–H and O–H groups in total. The second-order valence-corrected chi connectivity index (χ2v) is 6.37. The third-order valence-corrected chi connectivity index (χ3v) is 4.76. The molecule has 2 heterocycles. The van der Waals surface area contributed by atoms with Gasteiger partial charge in [-0.05, 0) is 40.6 Å². The van der Waals surface area contributed by atoms with E-state index in [2.05, 4.69) is 36.4 Å². The Morgan fingerprint density at radius 2 is 2.24 bits per heavy atom. The van der Waals surface area contributed by atoms with Gasteiger partial charge in [-0.1, -0.05) is 11.6 Å². The Hall–Kier alpha value is -0.470. The first-order valence-electron chi connectivity index (χ1n) is 6.73. The molecule has 1 aromatic rings. The van der Waals surface area contributed by atoms with Gasteiger partial charge in [-0.25, -0.2) is 4.98 Å². The maximum Gasteiger partial charge on any atom is 0.172 e. The van der Waals surface area contributed by atoms with Crippen LogP contribution in [0.25, 0.3) is 0 Å². The Balaban J connectivity index is 1.78. The zero-order valence-corrected chi connectivity index (χ0v) is 14.9. The molecule has 1 aliphatic heterocycles. The molecule has 0 atom stereocenters. The minimum atomic E-state index is 0.527. The fourth-order valence-electron chi connectivity index (χ4n) is 1.95. The Morgan fingerprint density at radius 1 is 1.52 bits per heavy atom. The van der Waals surface area contributed by atoms with Crippen LogP contribution in [0.1, 0.15) is 5.56 Å². The van der Waals surface area contributed by atoms with Gasteiger partial charge in [0.25, 0.3) is 0 Å². The number of pyridine rings is 1. The maximum atomic E-state index is 6.23. The highest BCUT2D eigenvalue weighted by atomic mass is 79.9. The number of morpholine rings is 1. The summed E-state index contributed by atoms with van der Waals surface area (Å²) in [6, 6.07) is 0. The maximum absolute atomic E-state index is 6.23. The lowest BCUT2D eigenvalue weighted by Gasteiger charge is -2.26. The molecule has 1 saturated heterocycles. The highest BCUT2D eigenvalue weighted by Gasteiger charge is 2.11. The normalized spacial score (nSPS) is 15.8. The molecular formula is C13H18BrClN4OS. The van der Waals surface area contributed by atoms with Crippen molar-refractivity contribution in [3.05, 3.63) is 21.3 Å². The third-order valence-electron chi connectivity index (χ3n) is 3.25. The van der Waals surface area contributed by atoms with Crippen LogP contribution in [0.2, 0.25) is 5.02 Å². The van der Waals surface area contributed by atoms with Gasteiger partial charge >= 0.3 is 0 Å². The number of hydrogen-bond acceptors (Lipinski definition) is 4. The van der Waals surface area contributed by atoms with Crippen LogP contribution in [0.4, 0.5) is 5.82 Å². The molecule has 0 bridgehead atoms. The second-order valence-electron chi connectivity index (χ2n) is 4.73. The van der Waals surface area contributed by atoms with Crippen molar-refractivity contribution in [2.75, 3.05) is 44.7 Å². The number of nitrogens with one attached hydrogen (secondary N) is 2. The zero-order chi connectivity index (χ0) is 15.2. The number of anilines is 1. The van der Waals surface area contributed by atoms with E-state index in [1.807, 2.05) is 6.92 Å². The molecule has 0 amide bonds. The van der Waals surface area contributed by atoms with Crippen molar-refractivity contribution in [3.63, 3.8) is 0 Å². The lowest BCUT2D eigenvalue weighted by molar-refractivity contribution is 0.0389. The summed E-state index contributed by atoms with van der Waals surface area (Å²) in [6.45, 7) is 7.20.